The van der Waals surface area contributed by atoms with Crippen LogP contribution in [0.25, 0.3) is 5.69 Å². The Morgan fingerprint density at radius 3 is 2.90 bits per heavy atom. The fraction of sp³-hybridized carbons (Fsp3) is 0.261. The number of hydrogen-bond donors (Lipinski definition) is 0. The number of para-hydroxylation sites is 1. The van der Waals surface area contributed by atoms with E-state index in [-0.39, 0.29) is 24.2 Å². The minimum absolute atomic E-state index is 0.0604. The third kappa shape index (κ3) is 3.16. The molecular formula is C23H20ClN3O4. The molecule has 8 heteroatoms. The van der Waals surface area contributed by atoms with Gasteiger partial charge in [0.25, 0.3) is 5.91 Å². The molecule has 1 amide bonds. The molecule has 0 N–H and O–H groups in total. The zero-order valence-corrected chi connectivity index (χ0v) is 17.6. The van der Waals surface area contributed by atoms with Crippen molar-refractivity contribution in [3.05, 3.63) is 76.3 Å². The van der Waals surface area contributed by atoms with Gasteiger partial charge in [0.1, 0.15) is 18.7 Å². The fourth-order valence-corrected chi connectivity index (χ4v) is 4.67. The summed E-state index contributed by atoms with van der Waals surface area (Å²) in [6.07, 6.45) is 3.16. The molecule has 2 aliphatic rings. The van der Waals surface area contributed by atoms with Crippen molar-refractivity contribution in [2.45, 2.75) is 25.5 Å². The van der Waals surface area contributed by atoms with E-state index >= 15 is 0 Å². The van der Waals surface area contributed by atoms with Crippen LogP contribution in [0.3, 0.4) is 0 Å². The topological polar surface area (TPSA) is 73.7 Å². The van der Waals surface area contributed by atoms with Crippen molar-refractivity contribution in [2.24, 2.45) is 0 Å². The number of aromatic nitrogens is 2. The van der Waals surface area contributed by atoms with Crippen molar-refractivity contribution < 1.29 is 19.1 Å². The first kappa shape index (κ1) is 19.6. The number of ether oxygens (including phenoxy) is 2. The number of benzene rings is 2. The maximum atomic E-state index is 13.2. The second kappa shape index (κ2) is 7.74. The van der Waals surface area contributed by atoms with Gasteiger partial charge in [-0.15, -0.1) is 0 Å². The standard InChI is InChI=1S/C23H20ClN3O4/c1-30-18-10-3-2-6-14(18)12-31-23(29)20-21-17-9-5-11-26(17)22(28)19-15(24)7-4-8-16(19)27(21)13-25-20/h2-4,6-8,10,13,17H,5,9,11-12H2,1H3/t17-/m0/s1. The van der Waals surface area contributed by atoms with Crippen LogP contribution in [0.15, 0.2) is 48.8 Å². The van der Waals surface area contributed by atoms with E-state index < -0.39 is 5.97 Å². The Kier molecular flexibility index (Phi) is 4.90. The van der Waals surface area contributed by atoms with Crippen molar-refractivity contribution in [3.63, 3.8) is 0 Å². The molecule has 0 aliphatic carbocycles. The lowest BCUT2D eigenvalue weighted by atomic mass is 10.1. The van der Waals surface area contributed by atoms with Gasteiger partial charge in [-0.1, -0.05) is 35.9 Å². The van der Waals surface area contributed by atoms with E-state index in [1.807, 2.05) is 30.3 Å². The molecular weight excluding hydrogens is 418 g/mol. The molecule has 1 saturated heterocycles. The van der Waals surface area contributed by atoms with Crippen LogP contribution in [-0.4, -0.2) is 40.0 Å². The number of rotatable bonds is 4. The molecule has 3 aromatic rings. The molecule has 0 saturated carbocycles. The monoisotopic (exact) mass is 437 g/mol. The number of esters is 1. The molecule has 1 atom stereocenters. The maximum absolute atomic E-state index is 13.2. The summed E-state index contributed by atoms with van der Waals surface area (Å²) in [5.41, 5.74) is 2.70. The molecule has 0 unspecified atom stereocenters. The largest absolute Gasteiger partial charge is 0.496 e. The molecule has 31 heavy (non-hydrogen) atoms. The number of methoxy groups -OCH3 is 1. The Morgan fingerprint density at radius 2 is 2.06 bits per heavy atom. The highest BCUT2D eigenvalue weighted by atomic mass is 35.5. The van der Waals surface area contributed by atoms with Gasteiger partial charge in [-0.2, -0.15) is 0 Å². The normalized spacial score (nSPS) is 16.9. The Labute approximate surface area is 184 Å². The Balaban J connectivity index is 1.54. The van der Waals surface area contributed by atoms with Gasteiger partial charge in [0, 0.05) is 12.1 Å². The SMILES string of the molecule is COc1ccccc1COC(=O)c1ncn2c1[C@@H]1CCCN1C(=O)c1c(Cl)cccc1-2. The first-order valence-electron chi connectivity index (χ1n) is 10.1. The highest BCUT2D eigenvalue weighted by Gasteiger charge is 2.41. The summed E-state index contributed by atoms with van der Waals surface area (Å²) in [4.78, 5) is 32.5. The number of nitrogens with zero attached hydrogens (tertiary/aromatic N) is 3. The number of imidazole rings is 1. The van der Waals surface area contributed by atoms with Gasteiger partial charge in [-0.25, -0.2) is 9.78 Å². The first-order chi connectivity index (χ1) is 15.1. The summed E-state index contributed by atoms with van der Waals surface area (Å²) in [6.45, 7) is 0.667. The lowest BCUT2D eigenvalue weighted by Gasteiger charge is -2.23. The van der Waals surface area contributed by atoms with E-state index in [2.05, 4.69) is 4.98 Å². The average molecular weight is 438 g/mol. The predicted molar refractivity (Wildman–Crippen MR) is 114 cm³/mol. The third-order valence-corrected chi connectivity index (χ3v) is 6.16. The van der Waals surface area contributed by atoms with Gasteiger partial charge in [-0.3, -0.25) is 9.36 Å². The minimum atomic E-state index is -0.538. The van der Waals surface area contributed by atoms with Crippen LogP contribution in [-0.2, 0) is 11.3 Å². The van der Waals surface area contributed by atoms with Crippen LogP contribution in [0.1, 0.15) is 51.0 Å². The van der Waals surface area contributed by atoms with Crippen molar-refractivity contribution in [2.75, 3.05) is 13.7 Å². The molecule has 3 heterocycles. The van der Waals surface area contributed by atoms with Gasteiger partial charge in [0.05, 0.1) is 35.1 Å². The number of fused-ring (bicyclic) bond motifs is 5. The summed E-state index contributed by atoms with van der Waals surface area (Å²) < 4.78 is 12.7. The van der Waals surface area contributed by atoms with E-state index in [0.29, 0.717) is 34.3 Å². The van der Waals surface area contributed by atoms with Crippen molar-refractivity contribution in [1.82, 2.24) is 14.5 Å². The summed E-state index contributed by atoms with van der Waals surface area (Å²) in [5.74, 6) is -0.0142. The van der Waals surface area contributed by atoms with Gasteiger partial charge in [-0.05, 0) is 31.0 Å². The number of hydrogen-bond acceptors (Lipinski definition) is 5. The highest BCUT2D eigenvalue weighted by Crippen LogP contribution is 2.41. The molecule has 5 rings (SSSR count). The van der Waals surface area contributed by atoms with Crippen LogP contribution >= 0.6 is 11.6 Å². The fourth-order valence-electron chi connectivity index (χ4n) is 4.42. The smallest absolute Gasteiger partial charge is 0.359 e. The second-order valence-corrected chi connectivity index (χ2v) is 7.93. The van der Waals surface area contributed by atoms with Gasteiger partial charge < -0.3 is 14.4 Å². The van der Waals surface area contributed by atoms with Gasteiger partial charge >= 0.3 is 5.97 Å². The van der Waals surface area contributed by atoms with E-state index in [9.17, 15) is 9.59 Å². The predicted octanol–water partition coefficient (Wildman–Crippen LogP) is 4.18. The molecule has 158 valence electrons. The lowest BCUT2D eigenvalue weighted by Crippen LogP contribution is -2.30. The Hall–Kier alpha value is -3.32. The Morgan fingerprint density at radius 1 is 1.23 bits per heavy atom. The van der Waals surface area contributed by atoms with Crippen LogP contribution < -0.4 is 4.74 Å². The zero-order valence-electron chi connectivity index (χ0n) is 16.9. The van der Waals surface area contributed by atoms with E-state index in [4.69, 9.17) is 21.1 Å². The second-order valence-electron chi connectivity index (χ2n) is 7.53. The Bertz CT molecular complexity index is 1190. The molecule has 0 radical (unpaired) electrons. The van der Waals surface area contributed by atoms with Crippen LogP contribution in [0.4, 0.5) is 0 Å². The molecule has 0 bridgehead atoms. The highest BCUT2D eigenvalue weighted by molar-refractivity contribution is 6.34. The zero-order chi connectivity index (χ0) is 21.5. The van der Waals surface area contributed by atoms with Crippen molar-refractivity contribution in [1.29, 1.82) is 0 Å². The molecule has 2 aliphatic heterocycles. The molecule has 1 fully saturated rings. The molecule has 1 aromatic heterocycles. The quantitative estimate of drug-likeness (QED) is 0.572. The third-order valence-electron chi connectivity index (χ3n) is 5.84. The number of halogens is 1. The van der Waals surface area contributed by atoms with Crippen molar-refractivity contribution in [3.8, 4) is 11.4 Å². The van der Waals surface area contributed by atoms with Gasteiger partial charge in [0.15, 0.2) is 5.69 Å². The molecule has 0 spiro atoms. The lowest BCUT2D eigenvalue weighted by molar-refractivity contribution is 0.0457. The molecule has 2 aromatic carbocycles. The van der Waals surface area contributed by atoms with Gasteiger partial charge in [0.2, 0.25) is 0 Å². The van der Waals surface area contributed by atoms with E-state index in [1.165, 1.54) is 0 Å². The maximum Gasteiger partial charge on any atom is 0.359 e. The van der Waals surface area contributed by atoms with Crippen LogP contribution in [0.5, 0.6) is 5.75 Å². The number of carbonyl (C=O) groups excluding carboxylic acids is 2. The van der Waals surface area contributed by atoms with E-state index in [1.54, 1.807) is 35.0 Å². The van der Waals surface area contributed by atoms with Crippen LogP contribution in [0, 0.1) is 0 Å². The first-order valence-corrected chi connectivity index (χ1v) is 10.4. The minimum Gasteiger partial charge on any atom is -0.496 e. The average Bonchev–Trinajstić information content (AvgIpc) is 3.42. The summed E-state index contributed by atoms with van der Waals surface area (Å²) in [5, 5.41) is 0.384. The summed E-state index contributed by atoms with van der Waals surface area (Å²) >= 11 is 6.40. The van der Waals surface area contributed by atoms with Crippen molar-refractivity contribution >= 4 is 23.5 Å². The summed E-state index contributed by atoms with van der Waals surface area (Å²) in [7, 11) is 1.57. The molecule has 7 nitrogen and oxygen atoms in total. The van der Waals surface area contributed by atoms with E-state index in [0.717, 1.165) is 18.4 Å². The number of carbonyl (C=O) groups is 2. The van der Waals surface area contributed by atoms with Crippen LogP contribution in [0.2, 0.25) is 5.02 Å². The number of amides is 1. The summed E-state index contributed by atoms with van der Waals surface area (Å²) in [6, 6.07) is 12.4.